The van der Waals surface area contributed by atoms with Gasteiger partial charge in [0.25, 0.3) is 0 Å². The molecule has 0 radical (unpaired) electrons. The van der Waals surface area contributed by atoms with Crippen LogP contribution < -0.4 is 0 Å². The molecule has 1 saturated carbocycles. The molecule has 3 heteroatoms. The molecule has 0 aromatic carbocycles. The summed E-state index contributed by atoms with van der Waals surface area (Å²) in [6, 6.07) is 0. The quantitative estimate of drug-likeness (QED) is 0.718. The predicted molar refractivity (Wildman–Crippen MR) is 53.7 cm³/mol. The van der Waals surface area contributed by atoms with Gasteiger partial charge in [0.2, 0.25) is 0 Å². The van der Waals surface area contributed by atoms with Crippen molar-refractivity contribution >= 4 is 11.3 Å². The zero-order valence-corrected chi connectivity index (χ0v) is 8.52. The predicted octanol–water partition coefficient (Wildman–Crippen LogP) is 2.27. The lowest BCUT2D eigenvalue weighted by molar-refractivity contribution is -0.0783. The van der Waals surface area contributed by atoms with Crippen molar-refractivity contribution < 1.29 is 0 Å². The van der Waals surface area contributed by atoms with Crippen LogP contribution in [-0.4, -0.2) is 22.0 Å². The van der Waals surface area contributed by atoms with Crippen molar-refractivity contribution in [1.29, 1.82) is 0 Å². The van der Waals surface area contributed by atoms with Gasteiger partial charge in [0, 0.05) is 29.7 Å². The van der Waals surface area contributed by atoms with Crippen molar-refractivity contribution in [2.75, 3.05) is 6.54 Å². The van der Waals surface area contributed by atoms with Gasteiger partial charge >= 0.3 is 0 Å². The second-order valence-corrected chi connectivity index (χ2v) is 5.19. The molecule has 2 nitrogen and oxygen atoms in total. The summed E-state index contributed by atoms with van der Waals surface area (Å²) >= 11 is 1.78. The third-order valence-electron chi connectivity index (χ3n) is 3.63. The zero-order chi connectivity index (χ0) is 8.73. The van der Waals surface area contributed by atoms with Crippen LogP contribution >= 0.6 is 11.3 Å². The van der Waals surface area contributed by atoms with Gasteiger partial charge in [-0.05, 0) is 25.7 Å². The standard InChI is InChI=1S/C10H14N2S/c1-2-10(3-1)4-5-12(10)7-9-6-11-8-13-9/h6,8H,1-5,7H2. The molecule has 1 aliphatic heterocycles. The van der Waals surface area contributed by atoms with Gasteiger partial charge in [-0.2, -0.15) is 0 Å². The molecule has 1 aromatic rings. The van der Waals surface area contributed by atoms with Crippen LogP contribution in [-0.2, 0) is 6.54 Å². The summed E-state index contributed by atoms with van der Waals surface area (Å²) in [5.74, 6) is 0. The highest BCUT2D eigenvalue weighted by atomic mass is 32.1. The van der Waals surface area contributed by atoms with Crippen molar-refractivity contribution in [3.63, 3.8) is 0 Å². The Morgan fingerprint density at radius 2 is 2.38 bits per heavy atom. The summed E-state index contributed by atoms with van der Waals surface area (Å²) in [6.45, 7) is 2.45. The van der Waals surface area contributed by atoms with Gasteiger partial charge in [-0.1, -0.05) is 0 Å². The summed E-state index contributed by atoms with van der Waals surface area (Å²) in [7, 11) is 0. The van der Waals surface area contributed by atoms with Crippen LogP contribution in [0.15, 0.2) is 11.7 Å². The Hall–Kier alpha value is -0.410. The summed E-state index contributed by atoms with van der Waals surface area (Å²) in [4.78, 5) is 8.18. The molecule has 0 N–H and O–H groups in total. The monoisotopic (exact) mass is 194 g/mol. The van der Waals surface area contributed by atoms with E-state index in [0.29, 0.717) is 5.54 Å². The third kappa shape index (κ3) is 1.14. The third-order valence-corrected chi connectivity index (χ3v) is 4.40. The molecule has 13 heavy (non-hydrogen) atoms. The molecule has 2 fully saturated rings. The summed E-state index contributed by atoms with van der Waals surface area (Å²) < 4.78 is 0. The molecular formula is C10H14N2S. The van der Waals surface area contributed by atoms with E-state index in [2.05, 4.69) is 9.88 Å². The molecule has 70 valence electrons. The van der Waals surface area contributed by atoms with Crippen LogP contribution in [0.1, 0.15) is 30.6 Å². The second-order valence-electron chi connectivity index (χ2n) is 4.22. The van der Waals surface area contributed by atoms with E-state index in [1.54, 1.807) is 11.3 Å². The van der Waals surface area contributed by atoms with E-state index < -0.39 is 0 Å². The van der Waals surface area contributed by atoms with E-state index in [-0.39, 0.29) is 0 Å². The van der Waals surface area contributed by atoms with Gasteiger partial charge in [-0.3, -0.25) is 9.88 Å². The van der Waals surface area contributed by atoms with Crippen LogP contribution in [0.5, 0.6) is 0 Å². The molecule has 0 unspecified atom stereocenters. The molecule has 1 spiro atoms. The number of nitrogens with zero attached hydrogens (tertiary/aromatic N) is 2. The minimum atomic E-state index is 0.643. The van der Waals surface area contributed by atoms with Crippen LogP contribution in [0.25, 0.3) is 0 Å². The summed E-state index contributed by atoms with van der Waals surface area (Å²) in [6.07, 6.45) is 7.76. The number of likely N-dealkylation sites (tertiary alicyclic amines) is 1. The van der Waals surface area contributed by atoms with E-state index in [4.69, 9.17) is 0 Å². The Morgan fingerprint density at radius 1 is 1.46 bits per heavy atom. The van der Waals surface area contributed by atoms with Crippen LogP contribution in [0.2, 0.25) is 0 Å². The van der Waals surface area contributed by atoms with Gasteiger partial charge in [-0.15, -0.1) is 11.3 Å². The number of rotatable bonds is 2. The first kappa shape index (κ1) is 7.94. The molecule has 2 aliphatic rings. The molecule has 3 rings (SSSR count). The summed E-state index contributed by atoms with van der Waals surface area (Å²) in [5, 5.41) is 0. The van der Waals surface area contributed by atoms with Gasteiger partial charge in [-0.25, -0.2) is 0 Å². The SMILES string of the molecule is c1ncc(CN2CCC23CCC3)s1. The second kappa shape index (κ2) is 2.79. The average molecular weight is 194 g/mol. The molecule has 1 aliphatic carbocycles. The maximum atomic E-state index is 4.12. The van der Waals surface area contributed by atoms with Gasteiger partial charge in [0.15, 0.2) is 0 Å². The normalized spacial score (nSPS) is 25.5. The number of hydrogen-bond donors (Lipinski definition) is 0. The molecule has 0 amide bonds. The Bertz CT molecular complexity index is 284. The number of hydrogen-bond acceptors (Lipinski definition) is 3. The average Bonchev–Trinajstić information content (AvgIpc) is 2.47. The van der Waals surface area contributed by atoms with E-state index in [1.165, 1.54) is 37.1 Å². The smallest absolute Gasteiger partial charge is 0.0794 e. The Balaban J connectivity index is 1.67. The van der Waals surface area contributed by atoms with Crippen molar-refractivity contribution in [2.45, 2.75) is 37.8 Å². The highest BCUT2D eigenvalue weighted by molar-refractivity contribution is 7.09. The molecule has 0 bridgehead atoms. The first-order chi connectivity index (χ1) is 6.39. The molecule has 1 saturated heterocycles. The minimum Gasteiger partial charge on any atom is -0.292 e. The lowest BCUT2D eigenvalue weighted by Crippen LogP contribution is -2.62. The van der Waals surface area contributed by atoms with Crippen LogP contribution in [0.4, 0.5) is 0 Å². The first-order valence-electron chi connectivity index (χ1n) is 5.02. The molecule has 1 aromatic heterocycles. The van der Waals surface area contributed by atoms with E-state index in [1.807, 2.05) is 11.7 Å². The minimum absolute atomic E-state index is 0.643. The lowest BCUT2D eigenvalue weighted by Gasteiger charge is -2.58. The maximum absolute atomic E-state index is 4.12. The van der Waals surface area contributed by atoms with Crippen molar-refractivity contribution in [3.05, 3.63) is 16.6 Å². The lowest BCUT2D eigenvalue weighted by atomic mass is 9.68. The van der Waals surface area contributed by atoms with E-state index in [0.717, 1.165) is 6.54 Å². The maximum Gasteiger partial charge on any atom is 0.0794 e. The molecular weight excluding hydrogens is 180 g/mol. The number of thiazole rings is 1. The van der Waals surface area contributed by atoms with Gasteiger partial charge < -0.3 is 0 Å². The zero-order valence-electron chi connectivity index (χ0n) is 7.70. The Labute approximate surface area is 82.6 Å². The van der Waals surface area contributed by atoms with Gasteiger partial charge in [0.05, 0.1) is 5.51 Å². The van der Waals surface area contributed by atoms with E-state index in [9.17, 15) is 0 Å². The fraction of sp³-hybridized carbons (Fsp3) is 0.700. The fourth-order valence-electron chi connectivity index (χ4n) is 2.49. The van der Waals surface area contributed by atoms with Crippen molar-refractivity contribution in [1.82, 2.24) is 9.88 Å². The van der Waals surface area contributed by atoms with Crippen LogP contribution in [0, 0.1) is 0 Å². The molecule has 0 atom stereocenters. The Morgan fingerprint density at radius 3 is 2.85 bits per heavy atom. The van der Waals surface area contributed by atoms with Crippen LogP contribution in [0.3, 0.4) is 0 Å². The van der Waals surface area contributed by atoms with Crippen molar-refractivity contribution in [3.8, 4) is 0 Å². The van der Waals surface area contributed by atoms with Gasteiger partial charge in [0.1, 0.15) is 0 Å². The highest BCUT2D eigenvalue weighted by Crippen LogP contribution is 2.47. The number of aromatic nitrogens is 1. The Kier molecular flexibility index (Phi) is 1.70. The summed E-state index contributed by atoms with van der Waals surface area (Å²) in [5.41, 5.74) is 2.58. The molecule has 2 heterocycles. The highest BCUT2D eigenvalue weighted by Gasteiger charge is 2.48. The first-order valence-corrected chi connectivity index (χ1v) is 5.89. The van der Waals surface area contributed by atoms with E-state index >= 15 is 0 Å². The topological polar surface area (TPSA) is 16.1 Å². The largest absolute Gasteiger partial charge is 0.292 e. The van der Waals surface area contributed by atoms with Crippen molar-refractivity contribution in [2.24, 2.45) is 0 Å². The fourth-order valence-corrected chi connectivity index (χ4v) is 3.10.